The van der Waals surface area contributed by atoms with E-state index in [9.17, 15) is 4.39 Å². The van der Waals surface area contributed by atoms with Crippen LogP contribution in [0.4, 0.5) is 15.9 Å². The SMILES string of the molecule is C#CC(c1cc(C=N)c(NC)cc1F)c1cnc2ccc(N3CCNCOCC3)nn12. The predicted octanol–water partition coefficient (Wildman–Crippen LogP) is 2.06. The molecule has 160 valence electrons. The minimum Gasteiger partial charge on any atom is -0.388 e. The Bertz CT molecular complexity index is 1130. The number of hydrogen-bond donors (Lipinski definition) is 3. The van der Waals surface area contributed by atoms with Gasteiger partial charge in [0.1, 0.15) is 11.6 Å². The molecule has 0 spiro atoms. The van der Waals surface area contributed by atoms with E-state index in [1.807, 2.05) is 12.1 Å². The molecule has 1 unspecified atom stereocenters. The van der Waals surface area contributed by atoms with Crippen LogP contribution in [0, 0.1) is 23.6 Å². The molecule has 1 atom stereocenters. The van der Waals surface area contributed by atoms with Crippen LogP contribution in [0.15, 0.2) is 30.5 Å². The second-order valence-electron chi connectivity index (χ2n) is 7.14. The molecule has 3 aromatic rings. The van der Waals surface area contributed by atoms with Crippen LogP contribution in [0.25, 0.3) is 5.65 Å². The van der Waals surface area contributed by atoms with E-state index in [-0.39, 0.29) is 0 Å². The Morgan fingerprint density at radius 1 is 1.39 bits per heavy atom. The largest absolute Gasteiger partial charge is 0.388 e. The van der Waals surface area contributed by atoms with Crippen LogP contribution >= 0.6 is 0 Å². The third kappa shape index (κ3) is 4.08. The molecular weight excluding hydrogens is 397 g/mol. The molecule has 0 saturated carbocycles. The number of aromatic nitrogens is 3. The van der Waals surface area contributed by atoms with Crippen molar-refractivity contribution in [1.82, 2.24) is 19.9 Å². The first kappa shape index (κ1) is 20.8. The van der Waals surface area contributed by atoms with Gasteiger partial charge in [0.2, 0.25) is 0 Å². The normalized spacial score (nSPS) is 15.7. The summed E-state index contributed by atoms with van der Waals surface area (Å²) in [4.78, 5) is 6.53. The lowest BCUT2D eigenvalue weighted by Gasteiger charge is -2.26. The van der Waals surface area contributed by atoms with E-state index < -0.39 is 11.7 Å². The maximum atomic E-state index is 14.9. The molecule has 1 fully saturated rings. The Morgan fingerprint density at radius 3 is 3.03 bits per heavy atom. The predicted molar refractivity (Wildman–Crippen MR) is 119 cm³/mol. The monoisotopic (exact) mass is 421 g/mol. The molecule has 2 aromatic heterocycles. The molecular formula is C22H24FN7O. The number of fused-ring (bicyclic) bond motifs is 1. The van der Waals surface area contributed by atoms with Crippen molar-refractivity contribution in [3.8, 4) is 12.3 Å². The van der Waals surface area contributed by atoms with Gasteiger partial charge in [0, 0.05) is 49.7 Å². The Kier molecular flexibility index (Phi) is 6.11. The summed E-state index contributed by atoms with van der Waals surface area (Å²) >= 11 is 0. The molecule has 31 heavy (non-hydrogen) atoms. The molecule has 0 aliphatic carbocycles. The highest BCUT2D eigenvalue weighted by molar-refractivity contribution is 5.86. The number of nitrogens with zero attached hydrogens (tertiary/aromatic N) is 4. The summed E-state index contributed by atoms with van der Waals surface area (Å²) in [6.07, 6.45) is 8.64. The Morgan fingerprint density at radius 2 is 2.26 bits per heavy atom. The molecule has 0 bridgehead atoms. The van der Waals surface area contributed by atoms with Crippen LogP contribution in [0.5, 0.6) is 0 Å². The van der Waals surface area contributed by atoms with Crippen LogP contribution in [0.3, 0.4) is 0 Å². The highest BCUT2D eigenvalue weighted by Crippen LogP contribution is 2.30. The zero-order valence-corrected chi connectivity index (χ0v) is 17.2. The second-order valence-corrected chi connectivity index (χ2v) is 7.14. The third-order valence-corrected chi connectivity index (χ3v) is 5.33. The first-order valence-electron chi connectivity index (χ1n) is 10.0. The quantitative estimate of drug-likeness (QED) is 0.432. The fraction of sp³-hybridized carbons (Fsp3) is 0.318. The number of rotatable bonds is 5. The van der Waals surface area contributed by atoms with Gasteiger partial charge in [-0.3, -0.25) is 5.32 Å². The van der Waals surface area contributed by atoms with Crippen LogP contribution in [-0.2, 0) is 4.74 Å². The van der Waals surface area contributed by atoms with Gasteiger partial charge in [-0.2, -0.15) is 0 Å². The number of ether oxygens (including phenoxy) is 1. The molecule has 0 radical (unpaired) electrons. The smallest absolute Gasteiger partial charge is 0.153 e. The molecule has 1 aliphatic heterocycles. The van der Waals surface area contributed by atoms with Crippen LogP contribution < -0.4 is 15.5 Å². The Labute approximate surface area is 179 Å². The topological polar surface area (TPSA) is 90.6 Å². The minimum atomic E-state index is -0.709. The van der Waals surface area contributed by atoms with Gasteiger partial charge >= 0.3 is 0 Å². The average Bonchev–Trinajstić information content (AvgIpc) is 3.18. The summed E-state index contributed by atoms with van der Waals surface area (Å²) in [5.74, 6) is 2.29. The number of benzene rings is 1. The molecule has 8 nitrogen and oxygen atoms in total. The van der Waals surface area contributed by atoms with Crippen molar-refractivity contribution in [1.29, 1.82) is 5.41 Å². The number of anilines is 2. The van der Waals surface area contributed by atoms with Crippen LogP contribution in [0.2, 0.25) is 0 Å². The fourth-order valence-corrected chi connectivity index (χ4v) is 3.69. The molecule has 9 heteroatoms. The molecule has 4 rings (SSSR count). The highest BCUT2D eigenvalue weighted by atomic mass is 19.1. The zero-order valence-electron chi connectivity index (χ0n) is 17.2. The number of halogens is 1. The van der Waals surface area contributed by atoms with E-state index in [0.29, 0.717) is 48.0 Å². The standard InChI is InChI=1S/C22H24FN7O/c1-3-16(17-10-15(12-24)19(25-2)11-18(17)23)20-13-27-21-4-5-22(28-30(20)21)29-7-6-26-14-31-9-8-29/h1,4-5,10-13,16,24-26H,6-9,14H2,2H3. The third-order valence-electron chi connectivity index (χ3n) is 5.33. The van der Waals surface area contributed by atoms with Crippen LogP contribution in [0.1, 0.15) is 22.7 Å². The van der Waals surface area contributed by atoms with Gasteiger partial charge in [-0.15, -0.1) is 11.5 Å². The van der Waals surface area contributed by atoms with Crippen molar-refractivity contribution >= 4 is 23.4 Å². The molecule has 1 aliphatic rings. The molecule has 1 saturated heterocycles. The summed E-state index contributed by atoms with van der Waals surface area (Å²) in [6.45, 7) is 3.41. The van der Waals surface area contributed by atoms with Gasteiger partial charge in [0.05, 0.1) is 31.1 Å². The van der Waals surface area contributed by atoms with Crippen molar-refractivity contribution < 1.29 is 9.13 Å². The molecule has 3 heterocycles. The van der Waals surface area contributed by atoms with Crippen molar-refractivity contribution in [2.75, 3.05) is 50.2 Å². The van der Waals surface area contributed by atoms with E-state index in [1.165, 1.54) is 12.3 Å². The first-order chi connectivity index (χ1) is 15.2. The Balaban J connectivity index is 1.76. The lowest BCUT2D eigenvalue weighted by molar-refractivity contribution is 0.116. The lowest BCUT2D eigenvalue weighted by Crippen LogP contribution is -2.39. The van der Waals surface area contributed by atoms with Crippen molar-refractivity contribution in [3.63, 3.8) is 0 Å². The minimum absolute atomic E-state index is 0.304. The number of nitrogens with one attached hydrogen (secondary N) is 3. The summed E-state index contributed by atoms with van der Waals surface area (Å²) in [6, 6.07) is 6.74. The summed E-state index contributed by atoms with van der Waals surface area (Å²) < 4.78 is 22.1. The van der Waals surface area contributed by atoms with E-state index in [0.717, 1.165) is 18.9 Å². The summed E-state index contributed by atoms with van der Waals surface area (Å²) in [5.41, 5.74) is 2.60. The number of imidazole rings is 1. The number of hydrogen-bond acceptors (Lipinski definition) is 7. The van der Waals surface area contributed by atoms with Gasteiger partial charge in [-0.1, -0.05) is 5.92 Å². The summed E-state index contributed by atoms with van der Waals surface area (Å²) in [5, 5.41) is 18.5. The second kappa shape index (κ2) is 9.12. The van der Waals surface area contributed by atoms with Crippen LogP contribution in [-0.4, -0.2) is 60.8 Å². The van der Waals surface area contributed by atoms with Crippen molar-refractivity contribution in [3.05, 3.63) is 53.1 Å². The van der Waals surface area contributed by atoms with Crippen molar-refractivity contribution in [2.24, 2.45) is 0 Å². The maximum absolute atomic E-state index is 14.9. The maximum Gasteiger partial charge on any atom is 0.153 e. The van der Waals surface area contributed by atoms with E-state index >= 15 is 0 Å². The van der Waals surface area contributed by atoms with Gasteiger partial charge in [0.25, 0.3) is 0 Å². The number of terminal acetylenes is 1. The van der Waals surface area contributed by atoms with Gasteiger partial charge in [-0.25, -0.2) is 13.9 Å². The molecule has 3 N–H and O–H groups in total. The zero-order chi connectivity index (χ0) is 21.8. The average molecular weight is 421 g/mol. The van der Waals surface area contributed by atoms with Gasteiger partial charge in [-0.05, 0) is 24.3 Å². The van der Waals surface area contributed by atoms with Gasteiger partial charge in [0.15, 0.2) is 5.65 Å². The van der Waals surface area contributed by atoms with E-state index in [2.05, 4.69) is 26.4 Å². The van der Waals surface area contributed by atoms with Gasteiger partial charge < -0.3 is 20.4 Å². The first-order valence-corrected chi connectivity index (χ1v) is 10.0. The van der Waals surface area contributed by atoms with E-state index in [4.69, 9.17) is 21.7 Å². The molecule has 1 aromatic carbocycles. The van der Waals surface area contributed by atoms with Crippen molar-refractivity contribution in [2.45, 2.75) is 5.92 Å². The molecule has 0 amide bonds. The van der Waals surface area contributed by atoms with E-state index in [1.54, 1.807) is 23.8 Å². The fourth-order valence-electron chi connectivity index (χ4n) is 3.69. The highest BCUT2D eigenvalue weighted by Gasteiger charge is 2.23. The summed E-state index contributed by atoms with van der Waals surface area (Å²) in [7, 11) is 1.68. The Hall–Kier alpha value is -3.48. The lowest BCUT2D eigenvalue weighted by atomic mass is 9.94.